The highest BCUT2D eigenvalue weighted by molar-refractivity contribution is 7.00. The molecule has 0 fully saturated rings. The van der Waals surface area contributed by atoms with Crippen LogP contribution in [0.15, 0.2) is 194 Å². The molecular weight excluding hydrogens is 1460 g/mol. The lowest BCUT2D eigenvalue weighted by Crippen LogP contribution is -2.61. The Balaban J connectivity index is 1.33. The average molecular weight is 1610 g/mol. The van der Waals surface area contributed by atoms with Gasteiger partial charge >= 0.3 is 0 Å². The molecule has 13 rings (SSSR count). The predicted octanol–water partition coefficient (Wildman–Crippen LogP) is 32.6. The summed E-state index contributed by atoms with van der Waals surface area (Å²) in [6.07, 6.45) is 0. The van der Waals surface area contributed by atoms with Gasteiger partial charge in [0, 0.05) is 45.0 Å². The topological polar surface area (TPSA) is 6.48 Å². The van der Waals surface area contributed by atoms with Crippen molar-refractivity contribution in [3.8, 4) is 66.8 Å². The fraction of sp³-hybridized carbons (Fsp3) is 0.441. The molecule has 0 saturated heterocycles. The minimum Gasteiger partial charge on any atom is -0.310 e. The molecule has 2 aliphatic heterocycles. The van der Waals surface area contributed by atoms with Gasteiger partial charge in [0.25, 0.3) is 6.71 Å². The SMILES string of the molecule is CC(C)(C)c1ccc(-c2cc(C(C)(C)C)cc(-c3cc(C(C)(C)C)cc(C(C)(C)C)c3)c2N2c3cc(-c4cc(C(C)(C)C)cc(C(C)(C)C)c4)ccc3B3c4ccc(-c5cc(C(C)(C)C)cc(C(C)(C)C)c5)cc4N(c4c(-c5ccc(C(C)(C)C)cc5)cc(C(C)(C)C)cc4-c4cc(C(C)(C)C)cc(C(C)(C)C)c4)c4cc(C(C)(C)C)cc2c43)cc1. The monoisotopic (exact) mass is 1610 g/mol. The molecule has 0 bridgehead atoms. The lowest BCUT2D eigenvalue weighted by atomic mass is 9.33. The van der Waals surface area contributed by atoms with Crippen LogP contribution in [0.25, 0.3) is 66.8 Å². The normalized spacial score (nSPS) is 14.2. The zero-order chi connectivity index (χ0) is 89.5. The van der Waals surface area contributed by atoms with Gasteiger partial charge in [-0.1, -0.05) is 416 Å². The van der Waals surface area contributed by atoms with Crippen LogP contribution in [-0.2, 0) is 70.4 Å². The minimum atomic E-state index is -0.365. The van der Waals surface area contributed by atoms with E-state index in [1.165, 1.54) is 190 Å². The van der Waals surface area contributed by atoms with Crippen LogP contribution >= 0.6 is 0 Å². The highest BCUT2D eigenvalue weighted by atomic mass is 15.2. The van der Waals surface area contributed by atoms with Gasteiger partial charge in [0.05, 0.1) is 11.4 Å². The van der Waals surface area contributed by atoms with E-state index < -0.39 is 0 Å². The third-order valence-electron chi connectivity index (χ3n) is 26.4. The van der Waals surface area contributed by atoms with Crippen molar-refractivity contribution in [2.24, 2.45) is 0 Å². The van der Waals surface area contributed by atoms with E-state index in [1.807, 2.05) is 0 Å². The Morgan fingerprint density at radius 1 is 0.157 bits per heavy atom. The number of fused-ring (bicyclic) bond motifs is 4. The van der Waals surface area contributed by atoms with E-state index in [2.05, 4.69) is 474 Å². The van der Waals surface area contributed by atoms with E-state index in [0.29, 0.717) is 0 Å². The van der Waals surface area contributed by atoms with Crippen molar-refractivity contribution in [1.82, 2.24) is 0 Å². The smallest absolute Gasteiger partial charge is 0.252 e. The van der Waals surface area contributed by atoms with Crippen molar-refractivity contribution in [3.05, 3.63) is 266 Å². The van der Waals surface area contributed by atoms with Crippen molar-refractivity contribution >= 4 is 57.2 Å². The van der Waals surface area contributed by atoms with Crippen LogP contribution < -0.4 is 26.2 Å². The van der Waals surface area contributed by atoms with Crippen LogP contribution in [-0.4, -0.2) is 6.71 Å². The molecule has 2 aliphatic rings. The fourth-order valence-corrected chi connectivity index (χ4v) is 17.7. The van der Waals surface area contributed by atoms with Crippen molar-refractivity contribution in [2.75, 3.05) is 9.80 Å². The van der Waals surface area contributed by atoms with Crippen LogP contribution in [0.2, 0.25) is 0 Å². The van der Waals surface area contributed by atoms with E-state index in [0.717, 1.165) is 0 Å². The summed E-state index contributed by atoms with van der Waals surface area (Å²) in [6, 6.07) is 81.0. The molecule has 0 atom stereocenters. The molecule has 0 saturated carbocycles. The van der Waals surface area contributed by atoms with Crippen LogP contribution in [0.1, 0.15) is 342 Å². The van der Waals surface area contributed by atoms with Gasteiger partial charge in [-0.3, -0.25) is 0 Å². The molecule has 11 aromatic carbocycles. The Kier molecular flexibility index (Phi) is 22.2. The molecule has 121 heavy (non-hydrogen) atoms. The Hall–Kier alpha value is -8.92. The summed E-state index contributed by atoms with van der Waals surface area (Å²) >= 11 is 0. The number of nitrogens with zero attached hydrogens (tertiary/aromatic N) is 2. The summed E-state index contributed by atoms with van der Waals surface area (Å²) in [5.74, 6) is 0. The third-order valence-corrected chi connectivity index (χ3v) is 26.4. The second kappa shape index (κ2) is 29.9. The first-order chi connectivity index (χ1) is 55.1. The Labute approximate surface area is 735 Å². The van der Waals surface area contributed by atoms with Crippen molar-refractivity contribution in [2.45, 2.75) is 340 Å². The van der Waals surface area contributed by atoms with Gasteiger partial charge in [-0.2, -0.15) is 0 Å². The number of hydrogen-bond donors (Lipinski definition) is 0. The molecule has 11 aromatic rings. The maximum atomic E-state index is 2.85. The number of rotatable bonds is 8. The van der Waals surface area contributed by atoms with Crippen LogP contribution in [0.3, 0.4) is 0 Å². The first kappa shape index (κ1) is 89.8. The van der Waals surface area contributed by atoms with E-state index in [4.69, 9.17) is 0 Å². The van der Waals surface area contributed by atoms with Crippen molar-refractivity contribution < 1.29 is 0 Å². The van der Waals surface area contributed by atoms with E-state index >= 15 is 0 Å². The maximum absolute atomic E-state index is 2.85. The van der Waals surface area contributed by atoms with Gasteiger partial charge in [0.15, 0.2) is 0 Å². The summed E-state index contributed by atoms with van der Waals surface area (Å²) < 4.78 is 0. The van der Waals surface area contributed by atoms with Gasteiger partial charge in [-0.05, 0) is 252 Å². The number of benzene rings is 11. The first-order valence-electron chi connectivity index (χ1n) is 45.5. The lowest BCUT2D eigenvalue weighted by molar-refractivity contribution is 0.568. The summed E-state index contributed by atoms with van der Waals surface area (Å²) in [5, 5.41) is 0. The summed E-state index contributed by atoms with van der Waals surface area (Å²) in [4.78, 5) is 5.69. The molecule has 2 heterocycles. The van der Waals surface area contributed by atoms with Crippen molar-refractivity contribution in [1.29, 1.82) is 0 Å². The number of anilines is 6. The van der Waals surface area contributed by atoms with E-state index in [-0.39, 0.29) is 77.1 Å². The minimum absolute atomic E-state index is 0.0704. The van der Waals surface area contributed by atoms with Crippen LogP contribution in [0, 0.1) is 0 Å². The fourth-order valence-electron chi connectivity index (χ4n) is 17.7. The molecule has 634 valence electrons. The summed E-state index contributed by atoms with van der Waals surface area (Å²) in [6.45, 7) is 93.1. The summed E-state index contributed by atoms with van der Waals surface area (Å²) in [5.41, 5.74) is 40.4. The second-order valence-corrected chi connectivity index (χ2v) is 50.0. The van der Waals surface area contributed by atoms with Crippen molar-refractivity contribution in [3.63, 3.8) is 0 Å². The average Bonchev–Trinajstić information content (AvgIpc) is 0.683. The third kappa shape index (κ3) is 18.0. The van der Waals surface area contributed by atoms with E-state index in [1.54, 1.807) is 0 Å². The van der Waals surface area contributed by atoms with Gasteiger partial charge < -0.3 is 9.80 Å². The molecular formula is C118H149BN2. The molecule has 0 spiro atoms. The highest BCUT2D eigenvalue weighted by Gasteiger charge is 2.47. The zero-order valence-corrected chi connectivity index (χ0v) is 82.4. The zero-order valence-electron chi connectivity index (χ0n) is 82.4. The van der Waals surface area contributed by atoms with Crippen LogP contribution in [0.5, 0.6) is 0 Å². The van der Waals surface area contributed by atoms with Gasteiger partial charge in [-0.25, -0.2) is 0 Å². The largest absolute Gasteiger partial charge is 0.310 e. The molecule has 0 radical (unpaired) electrons. The van der Waals surface area contributed by atoms with E-state index in [9.17, 15) is 0 Å². The first-order valence-corrected chi connectivity index (χ1v) is 45.5. The Morgan fingerprint density at radius 3 is 0.570 bits per heavy atom. The standard InChI is InChI=1S/C118H149BN2/c1-106(2,3)80-46-40-72(41-47-80)93-66-90(116(31,32)33)68-95(78-56-86(112(19,20)21)64-87(57-78)113(22,23)24)104(93)120-99-60-74(76-52-82(108(7,8)9)62-83(53-76)109(10,11)12)44-50-97(99)119-98-51-45-75(77-54-84(110(13,14)15)63-85(55-77)111(16,17)18)61-100(98)121(102-71-92(118(37,38)39)70-101(120)103(102)119)105-94(73-42-48-81(49-43-73)107(4,5)6)67-91(117(34,35)36)69-96(105)79-58-88(114(25,26)27)65-89(59-79)115(28,29)30/h40-71H,1-39H3. The molecule has 0 amide bonds. The molecule has 3 heteroatoms. The quantitative estimate of drug-likeness (QED) is 0.140. The Morgan fingerprint density at radius 2 is 0.347 bits per heavy atom. The molecule has 0 aromatic heterocycles. The second-order valence-electron chi connectivity index (χ2n) is 50.0. The van der Waals surface area contributed by atoms with Gasteiger partial charge in [-0.15, -0.1) is 0 Å². The lowest BCUT2D eigenvalue weighted by Gasteiger charge is -2.47. The molecule has 0 N–H and O–H groups in total. The molecule has 2 nitrogen and oxygen atoms in total. The number of hydrogen-bond acceptors (Lipinski definition) is 2. The van der Waals surface area contributed by atoms with Crippen LogP contribution in [0.4, 0.5) is 34.1 Å². The van der Waals surface area contributed by atoms with Gasteiger partial charge in [0.1, 0.15) is 0 Å². The highest BCUT2D eigenvalue weighted by Crippen LogP contribution is 2.58. The summed E-state index contributed by atoms with van der Waals surface area (Å²) in [7, 11) is 0. The predicted molar refractivity (Wildman–Crippen MR) is 536 cm³/mol. The van der Waals surface area contributed by atoms with Gasteiger partial charge in [0.2, 0.25) is 0 Å². The molecule has 0 aliphatic carbocycles. The molecule has 0 unspecified atom stereocenters. The Bertz CT molecular complexity index is 5350. The maximum Gasteiger partial charge on any atom is 0.252 e.